The molecule has 3 rings (SSSR count). The van der Waals surface area contributed by atoms with Gasteiger partial charge >= 0.3 is 0 Å². The smallest absolute Gasteiger partial charge is 0.193 e. The van der Waals surface area contributed by atoms with Crippen molar-refractivity contribution in [2.75, 3.05) is 47.6 Å². The Balaban J connectivity index is 1.50. The van der Waals surface area contributed by atoms with Crippen LogP contribution in [0, 0.1) is 5.92 Å². The van der Waals surface area contributed by atoms with Crippen molar-refractivity contribution in [1.29, 1.82) is 0 Å². The molecule has 1 fully saturated rings. The number of nitrogens with zero attached hydrogens (tertiary/aromatic N) is 2. The van der Waals surface area contributed by atoms with Crippen LogP contribution in [0.15, 0.2) is 17.1 Å². The molecule has 1 N–H and O–H groups in total. The van der Waals surface area contributed by atoms with E-state index in [0.29, 0.717) is 0 Å². The van der Waals surface area contributed by atoms with Crippen LogP contribution in [0.5, 0.6) is 11.5 Å². The molecule has 0 atom stereocenters. The maximum Gasteiger partial charge on any atom is 0.193 e. The van der Waals surface area contributed by atoms with Gasteiger partial charge in [-0.1, -0.05) is 0 Å². The van der Waals surface area contributed by atoms with Crippen LogP contribution < -0.4 is 14.8 Å². The van der Waals surface area contributed by atoms with E-state index in [1.54, 1.807) is 14.2 Å². The predicted molar refractivity (Wildman–Crippen MR) is 103 cm³/mol. The molecule has 0 saturated heterocycles. The van der Waals surface area contributed by atoms with Crippen LogP contribution in [0.4, 0.5) is 0 Å². The minimum absolute atomic E-state index is 0.781. The first kappa shape index (κ1) is 18.8. The summed E-state index contributed by atoms with van der Waals surface area (Å²) in [6, 6.07) is 4.18. The SMILES string of the molecule is CN=C(NCCCOCC1CC1)N1CCc2cc(OC)c(OC)cc2C1. The fourth-order valence-electron chi connectivity index (χ4n) is 3.31. The first-order chi connectivity index (χ1) is 12.7. The minimum atomic E-state index is 0.781. The minimum Gasteiger partial charge on any atom is -0.493 e. The van der Waals surface area contributed by atoms with Crippen molar-refractivity contribution in [3.8, 4) is 11.5 Å². The van der Waals surface area contributed by atoms with E-state index in [2.05, 4.69) is 27.3 Å². The second-order valence-electron chi connectivity index (χ2n) is 6.99. The fraction of sp³-hybridized carbons (Fsp3) is 0.650. The Morgan fingerprint density at radius 2 is 1.92 bits per heavy atom. The zero-order valence-corrected chi connectivity index (χ0v) is 16.2. The highest BCUT2D eigenvalue weighted by atomic mass is 16.5. The molecule has 0 radical (unpaired) electrons. The molecule has 1 aliphatic carbocycles. The summed E-state index contributed by atoms with van der Waals surface area (Å²) in [5.41, 5.74) is 2.59. The molecule has 0 amide bonds. The molecular formula is C20H31N3O3. The molecule has 26 heavy (non-hydrogen) atoms. The van der Waals surface area contributed by atoms with E-state index in [0.717, 1.165) is 69.1 Å². The fourth-order valence-corrected chi connectivity index (χ4v) is 3.31. The molecule has 1 aliphatic heterocycles. The summed E-state index contributed by atoms with van der Waals surface area (Å²) in [6.45, 7) is 4.41. The third-order valence-electron chi connectivity index (χ3n) is 5.03. The summed E-state index contributed by atoms with van der Waals surface area (Å²) < 4.78 is 16.6. The summed E-state index contributed by atoms with van der Waals surface area (Å²) in [7, 11) is 5.20. The van der Waals surface area contributed by atoms with Crippen LogP contribution in [-0.4, -0.2) is 58.4 Å². The van der Waals surface area contributed by atoms with Gasteiger partial charge in [0.15, 0.2) is 17.5 Å². The third-order valence-corrected chi connectivity index (χ3v) is 5.03. The average molecular weight is 361 g/mol. The Kier molecular flexibility index (Phi) is 6.61. The molecular weight excluding hydrogens is 330 g/mol. The number of guanidine groups is 1. The van der Waals surface area contributed by atoms with E-state index >= 15 is 0 Å². The predicted octanol–water partition coefficient (Wildman–Crippen LogP) is 2.45. The molecule has 144 valence electrons. The summed E-state index contributed by atoms with van der Waals surface area (Å²) in [6.07, 6.45) is 4.66. The largest absolute Gasteiger partial charge is 0.493 e. The topological polar surface area (TPSA) is 55.3 Å². The van der Waals surface area contributed by atoms with Crippen LogP contribution in [0.3, 0.4) is 0 Å². The maximum absolute atomic E-state index is 5.69. The van der Waals surface area contributed by atoms with Crippen LogP contribution in [0.2, 0.25) is 0 Å². The molecule has 2 aliphatic rings. The molecule has 0 spiro atoms. The van der Waals surface area contributed by atoms with Crippen LogP contribution >= 0.6 is 0 Å². The molecule has 0 bridgehead atoms. The number of rotatable bonds is 8. The first-order valence-corrected chi connectivity index (χ1v) is 9.52. The van der Waals surface area contributed by atoms with E-state index in [1.165, 1.54) is 24.0 Å². The summed E-state index contributed by atoms with van der Waals surface area (Å²) in [5, 5.41) is 3.46. The van der Waals surface area contributed by atoms with Crippen LogP contribution in [-0.2, 0) is 17.7 Å². The highest BCUT2D eigenvalue weighted by molar-refractivity contribution is 5.80. The first-order valence-electron chi connectivity index (χ1n) is 9.52. The number of benzene rings is 1. The molecule has 1 heterocycles. The summed E-state index contributed by atoms with van der Waals surface area (Å²) in [4.78, 5) is 6.74. The van der Waals surface area contributed by atoms with Crippen molar-refractivity contribution in [2.45, 2.75) is 32.2 Å². The molecule has 1 aromatic carbocycles. The number of methoxy groups -OCH3 is 2. The normalized spacial score (nSPS) is 17.0. The Bertz CT molecular complexity index is 629. The van der Waals surface area contributed by atoms with Gasteiger partial charge in [0.05, 0.1) is 14.2 Å². The Labute approximate surface area is 156 Å². The van der Waals surface area contributed by atoms with Gasteiger partial charge in [-0.15, -0.1) is 0 Å². The average Bonchev–Trinajstić information content (AvgIpc) is 3.50. The maximum atomic E-state index is 5.69. The highest BCUT2D eigenvalue weighted by Crippen LogP contribution is 2.33. The van der Waals surface area contributed by atoms with Crippen LogP contribution in [0.25, 0.3) is 0 Å². The number of fused-ring (bicyclic) bond motifs is 1. The molecule has 0 aromatic heterocycles. The van der Waals surface area contributed by atoms with Gasteiger partial charge in [-0.2, -0.15) is 0 Å². The van der Waals surface area contributed by atoms with E-state index in [9.17, 15) is 0 Å². The van der Waals surface area contributed by atoms with Crippen molar-refractivity contribution in [3.05, 3.63) is 23.3 Å². The second-order valence-corrected chi connectivity index (χ2v) is 6.99. The number of aliphatic imine (C=N–C) groups is 1. The lowest BCUT2D eigenvalue weighted by Gasteiger charge is -2.32. The van der Waals surface area contributed by atoms with E-state index in [4.69, 9.17) is 14.2 Å². The van der Waals surface area contributed by atoms with Gasteiger partial charge in [-0.3, -0.25) is 4.99 Å². The van der Waals surface area contributed by atoms with Crippen molar-refractivity contribution in [1.82, 2.24) is 10.2 Å². The monoisotopic (exact) mass is 361 g/mol. The van der Waals surface area contributed by atoms with Gasteiger partial charge < -0.3 is 24.4 Å². The van der Waals surface area contributed by atoms with Gasteiger partial charge in [-0.05, 0) is 54.9 Å². The van der Waals surface area contributed by atoms with Gasteiger partial charge in [-0.25, -0.2) is 0 Å². The van der Waals surface area contributed by atoms with E-state index in [1.807, 2.05) is 7.05 Å². The standard InChI is InChI=1S/C20H31N3O3/c1-21-20(22-8-4-10-26-14-15-5-6-15)23-9-7-16-11-18(24-2)19(25-3)12-17(16)13-23/h11-12,15H,4-10,13-14H2,1-3H3,(H,21,22). The zero-order valence-electron chi connectivity index (χ0n) is 16.2. The highest BCUT2D eigenvalue weighted by Gasteiger charge is 2.22. The molecule has 0 unspecified atom stereocenters. The van der Waals surface area contributed by atoms with Gasteiger partial charge in [0, 0.05) is 39.9 Å². The van der Waals surface area contributed by atoms with Gasteiger partial charge in [0.2, 0.25) is 0 Å². The summed E-state index contributed by atoms with van der Waals surface area (Å²) >= 11 is 0. The van der Waals surface area contributed by atoms with Crippen molar-refractivity contribution < 1.29 is 14.2 Å². The van der Waals surface area contributed by atoms with Gasteiger partial charge in [0.25, 0.3) is 0 Å². The lowest BCUT2D eigenvalue weighted by Crippen LogP contribution is -2.44. The van der Waals surface area contributed by atoms with Gasteiger partial charge in [0.1, 0.15) is 0 Å². The molecule has 1 aromatic rings. The lowest BCUT2D eigenvalue weighted by atomic mass is 9.99. The Morgan fingerprint density at radius 1 is 1.19 bits per heavy atom. The van der Waals surface area contributed by atoms with Crippen molar-refractivity contribution in [2.24, 2.45) is 10.9 Å². The number of hydrogen-bond donors (Lipinski definition) is 1. The number of nitrogens with one attached hydrogen (secondary N) is 1. The van der Waals surface area contributed by atoms with E-state index < -0.39 is 0 Å². The molecule has 6 heteroatoms. The third kappa shape index (κ3) is 4.81. The van der Waals surface area contributed by atoms with Crippen LogP contribution in [0.1, 0.15) is 30.4 Å². The molecule has 1 saturated carbocycles. The van der Waals surface area contributed by atoms with Crippen molar-refractivity contribution in [3.63, 3.8) is 0 Å². The number of ether oxygens (including phenoxy) is 3. The summed E-state index contributed by atoms with van der Waals surface area (Å²) in [5.74, 6) is 3.37. The second kappa shape index (κ2) is 9.12. The van der Waals surface area contributed by atoms with Crippen molar-refractivity contribution >= 4 is 5.96 Å². The number of hydrogen-bond acceptors (Lipinski definition) is 4. The lowest BCUT2D eigenvalue weighted by molar-refractivity contribution is 0.122. The quantitative estimate of drug-likeness (QED) is 0.438. The Morgan fingerprint density at radius 3 is 2.58 bits per heavy atom. The Hall–Kier alpha value is -1.95. The van der Waals surface area contributed by atoms with E-state index in [-0.39, 0.29) is 0 Å². The zero-order chi connectivity index (χ0) is 18.4. The molecule has 6 nitrogen and oxygen atoms in total.